The number of nitrogens with zero attached hydrogens (tertiary/aromatic N) is 2. The van der Waals surface area contributed by atoms with Crippen LogP contribution in [-0.2, 0) is 13.0 Å². The van der Waals surface area contributed by atoms with Gasteiger partial charge >= 0.3 is 0 Å². The van der Waals surface area contributed by atoms with Crippen molar-refractivity contribution in [2.45, 2.75) is 19.1 Å². The Balaban J connectivity index is 1.53. The molecule has 2 heterocycles. The second-order valence-electron chi connectivity index (χ2n) is 4.57. The molecule has 1 aliphatic heterocycles. The first kappa shape index (κ1) is 11.3. The average molecular weight is 243 g/mol. The molecule has 1 saturated heterocycles. The van der Waals surface area contributed by atoms with Crippen molar-refractivity contribution < 1.29 is 4.74 Å². The third-order valence-electron chi connectivity index (χ3n) is 3.13. The molecule has 0 aliphatic carbocycles. The fraction of sp³-hybridized carbons (Fsp3) is 0.357. The summed E-state index contributed by atoms with van der Waals surface area (Å²) in [5, 5.41) is 7.50. The topological polar surface area (TPSA) is 39.1 Å². The van der Waals surface area contributed by atoms with Crippen molar-refractivity contribution in [3.8, 4) is 5.75 Å². The van der Waals surface area contributed by atoms with Crippen LogP contribution in [0.1, 0.15) is 5.56 Å². The molecule has 1 fully saturated rings. The van der Waals surface area contributed by atoms with Crippen LogP contribution in [0.3, 0.4) is 0 Å². The van der Waals surface area contributed by atoms with Crippen LogP contribution in [0.5, 0.6) is 5.75 Å². The maximum Gasteiger partial charge on any atom is 0.157 e. The normalized spacial score (nSPS) is 15.3. The van der Waals surface area contributed by atoms with Crippen molar-refractivity contribution >= 4 is 0 Å². The molecule has 0 bridgehead atoms. The van der Waals surface area contributed by atoms with E-state index in [-0.39, 0.29) is 0 Å². The van der Waals surface area contributed by atoms with Crippen LogP contribution in [-0.4, -0.2) is 29.0 Å². The molecule has 2 aromatic rings. The molecule has 1 aliphatic rings. The summed E-state index contributed by atoms with van der Waals surface area (Å²) < 4.78 is 7.68. The highest BCUT2D eigenvalue weighted by atomic mass is 16.5. The highest BCUT2D eigenvalue weighted by Gasteiger charge is 2.18. The summed E-state index contributed by atoms with van der Waals surface area (Å²) in [5.41, 5.74) is 1.33. The Morgan fingerprint density at radius 3 is 2.83 bits per heavy atom. The molecule has 3 rings (SSSR count). The van der Waals surface area contributed by atoms with Crippen LogP contribution in [0, 0.1) is 0 Å². The molecule has 94 valence electrons. The summed E-state index contributed by atoms with van der Waals surface area (Å²) in [6.07, 6.45) is 5.08. The molecule has 1 N–H and O–H groups in total. The van der Waals surface area contributed by atoms with Gasteiger partial charge in [-0.25, -0.2) is 0 Å². The van der Waals surface area contributed by atoms with Gasteiger partial charge in [0.25, 0.3) is 0 Å². The van der Waals surface area contributed by atoms with Crippen molar-refractivity contribution in [2.75, 3.05) is 13.1 Å². The predicted octanol–water partition coefficient (Wildman–Crippen LogP) is 1.48. The van der Waals surface area contributed by atoms with Crippen LogP contribution in [0.15, 0.2) is 42.7 Å². The van der Waals surface area contributed by atoms with E-state index in [1.54, 1.807) is 6.20 Å². The Hall–Kier alpha value is -1.81. The number of rotatable bonds is 5. The molecule has 18 heavy (non-hydrogen) atoms. The molecule has 1 aromatic heterocycles. The van der Waals surface area contributed by atoms with Gasteiger partial charge in [-0.15, -0.1) is 0 Å². The molecule has 0 saturated carbocycles. The van der Waals surface area contributed by atoms with Crippen LogP contribution in [0.25, 0.3) is 0 Å². The number of hydrogen-bond acceptors (Lipinski definition) is 3. The molecule has 0 spiro atoms. The number of aryl methyl sites for hydroxylation is 2. The van der Waals surface area contributed by atoms with Gasteiger partial charge in [-0.05, 0) is 12.0 Å². The first-order valence-electron chi connectivity index (χ1n) is 6.34. The Morgan fingerprint density at radius 2 is 2.11 bits per heavy atom. The zero-order valence-electron chi connectivity index (χ0n) is 10.2. The maximum absolute atomic E-state index is 5.74. The minimum atomic E-state index is 0.316. The van der Waals surface area contributed by atoms with Gasteiger partial charge in [-0.1, -0.05) is 30.3 Å². The van der Waals surface area contributed by atoms with Crippen LogP contribution < -0.4 is 10.1 Å². The van der Waals surface area contributed by atoms with Gasteiger partial charge in [0.2, 0.25) is 0 Å². The highest BCUT2D eigenvalue weighted by molar-refractivity contribution is 5.16. The quantitative estimate of drug-likeness (QED) is 0.864. The Kier molecular flexibility index (Phi) is 3.28. The smallest absolute Gasteiger partial charge is 0.157 e. The molecule has 4 nitrogen and oxygen atoms in total. The van der Waals surface area contributed by atoms with Crippen LogP contribution in [0.2, 0.25) is 0 Å². The second kappa shape index (κ2) is 5.23. The summed E-state index contributed by atoms with van der Waals surface area (Å²) >= 11 is 0. The third kappa shape index (κ3) is 2.71. The number of nitrogens with one attached hydrogen (secondary N) is 1. The van der Waals surface area contributed by atoms with E-state index in [2.05, 4.69) is 34.7 Å². The lowest BCUT2D eigenvalue weighted by atomic mass is 10.1. The van der Waals surface area contributed by atoms with Crippen molar-refractivity contribution in [1.29, 1.82) is 0 Å². The first-order valence-corrected chi connectivity index (χ1v) is 6.34. The van der Waals surface area contributed by atoms with E-state index >= 15 is 0 Å². The number of benzene rings is 1. The van der Waals surface area contributed by atoms with Crippen molar-refractivity contribution in [3.05, 3.63) is 48.3 Å². The van der Waals surface area contributed by atoms with E-state index in [0.29, 0.717) is 6.10 Å². The van der Waals surface area contributed by atoms with Gasteiger partial charge in [0.05, 0.1) is 12.4 Å². The van der Waals surface area contributed by atoms with Crippen molar-refractivity contribution in [1.82, 2.24) is 15.1 Å². The summed E-state index contributed by atoms with van der Waals surface area (Å²) in [4.78, 5) is 0. The standard InChI is InChI=1S/C14H17N3O/c1-2-4-12(5-3-1)6-7-17-11-14(10-16-17)18-13-8-15-9-13/h1-5,10-11,13,15H,6-9H2. The van der Waals surface area contributed by atoms with E-state index in [0.717, 1.165) is 31.8 Å². The summed E-state index contributed by atoms with van der Waals surface area (Å²) in [6.45, 7) is 2.76. The highest BCUT2D eigenvalue weighted by Crippen LogP contribution is 2.13. The Labute approximate surface area is 107 Å². The van der Waals surface area contributed by atoms with Gasteiger partial charge < -0.3 is 10.1 Å². The van der Waals surface area contributed by atoms with Crippen LogP contribution >= 0.6 is 0 Å². The third-order valence-corrected chi connectivity index (χ3v) is 3.13. The molecule has 0 atom stereocenters. The molecule has 0 radical (unpaired) electrons. The average Bonchev–Trinajstić information content (AvgIpc) is 2.81. The monoisotopic (exact) mass is 243 g/mol. The fourth-order valence-electron chi connectivity index (χ4n) is 1.95. The van der Waals surface area contributed by atoms with E-state index in [4.69, 9.17) is 4.74 Å². The summed E-state index contributed by atoms with van der Waals surface area (Å²) in [5.74, 6) is 0.870. The van der Waals surface area contributed by atoms with Crippen LogP contribution in [0.4, 0.5) is 0 Å². The maximum atomic E-state index is 5.74. The predicted molar refractivity (Wildman–Crippen MR) is 69.7 cm³/mol. The van der Waals surface area contributed by atoms with Crippen molar-refractivity contribution in [2.24, 2.45) is 0 Å². The zero-order valence-corrected chi connectivity index (χ0v) is 10.2. The first-order chi connectivity index (χ1) is 8.90. The van der Waals surface area contributed by atoms with E-state index in [9.17, 15) is 0 Å². The zero-order chi connectivity index (χ0) is 12.2. The molecular formula is C14H17N3O. The molecule has 1 aromatic carbocycles. The van der Waals surface area contributed by atoms with Gasteiger partial charge in [0.1, 0.15) is 6.10 Å². The van der Waals surface area contributed by atoms with Gasteiger partial charge in [0, 0.05) is 19.6 Å². The van der Waals surface area contributed by atoms with E-state index in [1.807, 2.05) is 16.9 Å². The van der Waals surface area contributed by atoms with Gasteiger partial charge in [-0.3, -0.25) is 4.68 Å². The molecule has 4 heteroatoms. The fourth-order valence-corrected chi connectivity index (χ4v) is 1.95. The van der Waals surface area contributed by atoms with E-state index < -0.39 is 0 Å². The van der Waals surface area contributed by atoms with E-state index in [1.165, 1.54) is 5.56 Å². The molecule has 0 unspecified atom stereocenters. The van der Waals surface area contributed by atoms with Gasteiger partial charge in [0.15, 0.2) is 5.75 Å². The minimum Gasteiger partial charge on any atom is -0.484 e. The molecule has 0 amide bonds. The number of ether oxygens (including phenoxy) is 1. The lowest BCUT2D eigenvalue weighted by Crippen LogP contribution is -2.50. The molecular weight excluding hydrogens is 226 g/mol. The summed E-state index contributed by atoms with van der Waals surface area (Å²) in [7, 11) is 0. The SMILES string of the molecule is c1ccc(CCn2cc(OC3CNC3)cn2)cc1. The summed E-state index contributed by atoms with van der Waals surface area (Å²) in [6, 6.07) is 10.4. The second-order valence-corrected chi connectivity index (χ2v) is 4.57. The number of hydrogen-bond donors (Lipinski definition) is 1. The largest absolute Gasteiger partial charge is 0.484 e. The lowest BCUT2D eigenvalue weighted by Gasteiger charge is -2.26. The number of aromatic nitrogens is 2. The van der Waals surface area contributed by atoms with Crippen molar-refractivity contribution in [3.63, 3.8) is 0 Å². The Morgan fingerprint density at radius 1 is 1.28 bits per heavy atom. The lowest BCUT2D eigenvalue weighted by molar-refractivity contribution is 0.142. The Bertz CT molecular complexity index is 491. The van der Waals surface area contributed by atoms with Gasteiger partial charge in [-0.2, -0.15) is 5.10 Å². The minimum absolute atomic E-state index is 0.316.